The summed E-state index contributed by atoms with van der Waals surface area (Å²) in [4.78, 5) is 4.47. The highest BCUT2D eigenvalue weighted by molar-refractivity contribution is 8.00. The number of thiazole rings is 1. The lowest BCUT2D eigenvalue weighted by atomic mass is 9.80. The molecule has 3 aromatic rings. The van der Waals surface area contributed by atoms with E-state index in [1.54, 1.807) is 23.7 Å². The number of rotatable bonds is 9. The van der Waals surface area contributed by atoms with Gasteiger partial charge in [-0.2, -0.15) is 0 Å². The molecule has 0 spiro atoms. The second-order valence-electron chi connectivity index (χ2n) is 7.62. The highest BCUT2D eigenvalue weighted by atomic mass is 35.5. The first kappa shape index (κ1) is 24.0. The van der Waals surface area contributed by atoms with Crippen LogP contribution in [-0.2, 0) is 0 Å². The quantitative estimate of drug-likeness (QED) is 0.304. The van der Waals surface area contributed by atoms with Gasteiger partial charge in [0.1, 0.15) is 23.2 Å². The van der Waals surface area contributed by atoms with Crippen molar-refractivity contribution in [3.8, 4) is 5.75 Å². The van der Waals surface area contributed by atoms with E-state index in [0.717, 1.165) is 42.5 Å². The van der Waals surface area contributed by atoms with Crippen LogP contribution in [0, 0.1) is 17.6 Å². The molecule has 2 unspecified atom stereocenters. The lowest BCUT2D eigenvalue weighted by Crippen LogP contribution is -2.41. The van der Waals surface area contributed by atoms with Crippen LogP contribution in [0.25, 0.3) is 5.57 Å². The molecule has 2 atom stereocenters. The Hall–Kier alpha value is -2.13. The minimum absolute atomic E-state index is 0.0173. The summed E-state index contributed by atoms with van der Waals surface area (Å²) in [5.74, 6) is 0.279. The Morgan fingerprint density at radius 2 is 2.06 bits per heavy atom. The Morgan fingerprint density at radius 3 is 2.79 bits per heavy atom. The monoisotopic (exact) mass is 507 g/mol. The number of hydrogen-bond acceptors (Lipinski definition) is 6. The number of anilines is 1. The van der Waals surface area contributed by atoms with Gasteiger partial charge in [0.05, 0.1) is 22.0 Å². The molecule has 174 valence electrons. The van der Waals surface area contributed by atoms with E-state index >= 15 is 0 Å². The van der Waals surface area contributed by atoms with E-state index in [0.29, 0.717) is 28.1 Å². The van der Waals surface area contributed by atoms with Crippen LogP contribution >= 0.6 is 34.9 Å². The summed E-state index contributed by atoms with van der Waals surface area (Å²) < 4.78 is 37.2. The predicted octanol–water partition coefficient (Wildman–Crippen LogP) is 7.04. The van der Waals surface area contributed by atoms with Crippen molar-refractivity contribution in [2.45, 2.75) is 30.7 Å². The normalized spacial score (nSPS) is 18.1. The Morgan fingerprint density at radius 1 is 1.24 bits per heavy atom. The van der Waals surface area contributed by atoms with E-state index in [1.165, 1.54) is 29.5 Å². The molecule has 0 bridgehead atoms. The third-order valence-electron chi connectivity index (χ3n) is 5.47. The van der Waals surface area contributed by atoms with Crippen molar-refractivity contribution in [1.82, 2.24) is 10.3 Å². The molecule has 1 aliphatic carbocycles. The molecular weight excluding hydrogens is 484 g/mol. The summed E-state index contributed by atoms with van der Waals surface area (Å²) in [5.41, 5.74) is 3.76. The predicted molar refractivity (Wildman–Crippen MR) is 133 cm³/mol. The smallest absolute Gasteiger partial charge is 0.147 e. The zero-order valence-electron chi connectivity index (χ0n) is 18.0. The van der Waals surface area contributed by atoms with E-state index in [1.807, 2.05) is 5.38 Å². The summed E-state index contributed by atoms with van der Waals surface area (Å²) in [6.45, 7) is 3.21. The van der Waals surface area contributed by atoms with Gasteiger partial charge in [0.15, 0.2) is 0 Å². The summed E-state index contributed by atoms with van der Waals surface area (Å²) >= 11 is 8.99. The first-order chi connectivity index (χ1) is 16.0. The van der Waals surface area contributed by atoms with Crippen LogP contribution in [0.4, 0.5) is 14.6 Å². The van der Waals surface area contributed by atoms with Gasteiger partial charge in [-0.05, 0) is 60.7 Å². The van der Waals surface area contributed by atoms with Crippen molar-refractivity contribution < 1.29 is 13.5 Å². The standard InChI is InChI=1S/C24H24ClF2N3OS2/c1-2-28-21-5-3-4-17(15-6-8-16(26)9-7-15)18(21)12-31-22-11-20(27)23(10-19(22)25)33-30-24-13-32-14-29-24/h4,6-11,13-14,18,21,28,30H,2-3,5,12H2,1H3. The second kappa shape index (κ2) is 11.3. The van der Waals surface area contributed by atoms with Crippen LogP contribution in [0.15, 0.2) is 58.3 Å². The number of nitrogens with zero attached hydrogens (tertiary/aromatic N) is 1. The maximum absolute atomic E-state index is 14.7. The molecule has 4 rings (SSSR count). The van der Waals surface area contributed by atoms with E-state index in [-0.39, 0.29) is 17.8 Å². The van der Waals surface area contributed by atoms with Crippen molar-refractivity contribution >= 4 is 46.3 Å². The molecule has 4 nitrogen and oxygen atoms in total. The molecular formula is C24H24ClF2N3OS2. The molecule has 0 amide bonds. The Kier molecular flexibility index (Phi) is 8.25. The number of allylic oxidation sites excluding steroid dienone is 1. The van der Waals surface area contributed by atoms with Gasteiger partial charge in [-0.3, -0.25) is 0 Å². The number of halogens is 3. The number of benzene rings is 2. The van der Waals surface area contributed by atoms with Crippen LogP contribution < -0.4 is 14.8 Å². The van der Waals surface area contributed by atoms with Crippen LogP contribution in [0.2, 0.25) is 5.02 Å². The highest BCUT2D eigenvalue weighted by Gasteiger charge is 2.29. The summed E-state index contributed by atoms with van der Waals surface area (Å²) in [6.07, 6.45) is 4.07. The van der Waals surface area contributed by atoms with Crippen LogP contribution in [0.1, 0.15) is 25.3 Å². The Labute approximate surface area is 205 Å². The van der Waals surface area contributed by atoms with Gasteiger partial charge in [0.25, 0.3) is 0 Å². The lowest BCUT2D eigenvalue weighted by molar-refractivity contribution is 0.236. The van der Waals surface area contributed by atoms with Gasteiger partial charge >= 0.3 is 0 Å². The maximum Gasteiger partial charge on any atom is 0.147 e. The molecule has 2 N–H and O–H groups in total. The summed E-state index contributed by atoms with van der Waals surface area (Å²) in [6, 6.07) is 9.57. The highest BCUT2D eigenvalue weighted by Crippen LogP contribution is 2.37. The third kappa shape index (κ3) is 6.06. The molecule has 9 heteroatoms. The van der Waals surface area contributed by atoms with E-state index in [2.05, 4.69) is 28.0 Å². The number of nitrogens with one attached hydrogen (secondary N) is 2. The minimum atomic E-state index is -0.427. The zero-order chi connectivity index (χ0) is 23.2. The van der Waals surface area contributed by atoms with Crippen molar-refractivity contribution in [2.24, 2.45) is 5.92 Å². The molecule has 33 heavy (non-hydrogen) atoms. The van der Waals surface area contributed by atoms with Gasteiger partial charge < -0.3 is 14.8 Å². The largest absolute Gasteiger partial charge is 0.491 e. The Bertz CT molecular complexity index is 1090. The Balaban J connectivity index is 1.50. The molecule has 0 fully saturated rings. The minimum Gasteiger partial charge on any atom is -0.491 e. The average molecular weight is 508 g/mol. The van der Waals surface area contributed by atoms with Gasteiger partial charge in [-0.25, -0.2) is 13.8 Å². The lowest BCUT2D eigenvalue weighted by Gasteiger charge is -2.33. The molecule has 0 saturated carbocycles. The number of hydrogen-bond donors (Lipinski definition) is 2. The molecule has 2 aromatic carbocycles. The summed E-state index contributed by atoms with van der Waals surface area (Å²) in [5, 5.41) is 5.70. The fraction of sp³-hybridized carbons (Fsp3) is 0.292. The van der Waals surface area contributed by atoms with Gasteiger partial charge in [-0.15, -0.1) is 11.3 Å². The van der Waals surface area contributed by atoms with Gasteiger partial charge in [-0.1, -0.05) is 36.7 Å². The first-order valence-electron chi connectivity index (χ1n) is 10.7. The van der Waals surface area contributed by atoms with Crippen LogP contribution in [0.3, 0.4) is 0 Å². The van der Waals surface area contributed by atoms with Crippen molar-refractivity contribution in [3.05, 3.63) is 75.6 Å². The molecule has 1 aromatic heterocycles. The van der Waals surface area contributed by atoms with E-state index in [9.17, 15) is 8.78 Å². The molecule has 1 aliphatic rings. The molecule has 0 radical (unpaired) electrons. The molecule has 1 heterocycles. The van der Waals surface area contributed by atoms with Crippen LogP contribution in [0.5, 0.6) is 5.75 Å². The molecule has 0 saturated heterocycles. The zero-order valence-corrected chi connectivity index (χ0v) is 20.4. The SMILES string of the molecule is CCNC1CCC=C(c2ccc(F)cc2)C1COc1cc(F)c(SNc2cscn2)cc1Cl. The van der Waals surface area contributed by atoms with Gasteiger partial charge in [0.2, 0.25) is 0 Å². The fourth-order valence-electron chi connectivity index (χ4n) is 3.92. The number of ether oxygens (including phenoxy) is 1. The molecule has 0 aliphatic heterocycles. The van der Waals surface area contributed by atoms with E-state index < -0.39 is 5.82 Å². The third-order valence-corrected chi connectivity index (χ3v) is 7.20. The topological polar surface area (TPSA) is 46.2 Å². The maximum atomic E-state index is 14.7. The van der Waals surface area contributed by atoms with E-state index in [4.69, 9.17) is 16.3 Å². The van der Waals surface area contributed by atoms with Gasteiger partial charge in [0, 0.05) is 23.4 Å². The number of aromatic nitrogens is 1. The second-order valence-corrected chi connectivity index (χ2v) is 9.59. The van der Waals surface area contributed by atoms with Crippen molar-refractivity contribution in [3.63, 3.8) is 0 Å². The van der Waals surface area contributed by atoms with Crippen molar-refractivity contribution in [1.29, 1.82) is 0 Å². The average Bonchev–Trinajstić information content (AvgIpc) is 3.33. The first-order valence-corrected chi connectivity index (χ1v) is 12.8. The van der Waals surface area contributed by atoms with Crippen LogP contribution in [-0.4, -0.2) is 24.2 Å². The van der Waals surface area contributed by atoms with Crippen molar-refractivity contribution in [2.75, 3.05) is 17.9 Å². The summed E-state index contributed by atoms with van der Waals surface area (Å²) in [7, 11) is 0. The fourth-order valence-corrected chi connectivity index (χ4v) is 5.42.